The van der Waals surface area contributed by atoms with Gasteiger partial charge in [-0.2, -0.15) is 0 Å². The number of thiophene rings is 1. The number of carbonyl (C=O) groups is 1. The standard InChI is InChI=1S/C21H18N4OS/c1-13-18(15-7-4-3-5-8-15)19-20(22-12-23-21(19)27-13)25-17-10-6-9-16(11-17)24-14(2)26/h3-12H,1-2H3,(H,24,26)(H,22,23,25). The molecule has 0 spiro atoms. The van der Waals surface area contributed by atoms with E-state index in [-0.39, 0.29) is 5.91 Å². The molecule has 0 aliphatic carbocycles. The number of nitrogens with zero attached hydrogens (tertiary/aromatic N) is 2. The van der Waals surface area contributed by atoms with Crippen LogP contribution in [0.15, 0.2) is 60.9 Å². The van der Waals surface area contributed by atoms with Gasteiger partial charge in [0.15, 0.2) is 0 Å². The third-order valence-electron chi connectivity index (χ3n) is 4.17. The molecule has 2 heterocycles. The van der Waals surface area contributed by atoms with Gasteiger partial charge in [-0.15, -0.1) is 11.3 Å². The second-order valence-corrected chi connectivity index (χ2v) is 7.39. The van der Waals surface area contributed by atoms with E-state index in [0.29, 0.717) is 0 Å². The number of aromatic nitrogens is 2. The molecule has 2 aromatic heterocycles. The number of benzene rings is 2. The first-order chi connectivity index (χ1) is 13.1. The lowest BCUT2D eigenvalue weighted by atomic mass is 10.0. The molecule has 27 heavy (non-hydrogen) atoms. The molecule has 1 amide bonds. The van der Waals surface area contributed by atoms with E-state index >= 15 is 0 Å². The predicted molar refractivity (Wildman–Crippen MR) is 112 cm³/mol. The molecular formula is C21H18N4OS. The van der Waals surface area contributed by atoms with Crippen molar-refractivity contribution in [1.29, 1.82) is 0 Å². The van der Waals surface area contributed by atoms with Crippen LogP contribution < -0.4 is 10.6 Å². The highest BCUT2D eigenvalue weighted by Crippen LogP contribution is 2.40. The molecule has 2 N–H and O–H groups in total. The molecule has 134 valence electrons. The Balaban J connectivity index is 1.80. The Labute approximate surface area is 161 Å². The minimum absolute atomic E-state index is 0.101. The van der Waals surface area contributed by atoms with Crippen molar-refractivity contribution in [2.24, 2.45) is 0 Å². The average molecular weight is 374 g/mol. The quantitative estimate of drug-likeness (QED) is 0.504. The minimum atomic E-state index is -0.101. The molecule has 0 saturated heterocycles. The SMILES string of the molecule is CC(=O)Nc1cccc(Nc2ncnc3sc(C)c(-c4ccccc4)c23)c1. The highest BCUT2D eigenvalue weighted by molar-refractivity contribution is 7.19. The van der Waals surface area contributed by atoms with E-state index in [1.807, 2.05) is 42.5 Å². The van der Waals surface area contributed by atoms with E-state index in [2.05, 4.69) is 39.7 Å². The first kappa shape index (κ1) is 17.2. The molecule has 0 fully saturated rings. The monoisotopic (exact) mass is 374 g/mol. The van der Waals surface area contributed by atoms with Crippen LogP contribution in [-0.2, 0) is 4.79 Å². The van der Waals surface area contributed by atoms with Gasteiger partial charge in [0.05, 0.1) is 5.39 Å². The maximum absolute atomic E-state index is 11.3. The average Bonchev–Trinajstić information content (AvgIpc) is 2.99. The van der Waals surface area contributed by atoms with Gasteiger partial charge < -0.3 is 10.6 Å². The number of aryl methyl sites for hydroxylation is 1. The topological polar surface area (TPSA) is 66.9 Å². The molecule has 0 aliphatic rings. The second-order valence-electron chi connectivity index (χ2n) is 6.19. The van der Waals surface area contributed by atoms with Gasteiger partial charge in [-0.05, 0) is 30.7 Å². The highest BCUT2D eigenvalue weighted by atomic mass is 32.1. The van der Waals surface area contributed by atoms with Gasteiger partial charge in [-0.1, -0.05) is 36.4 Å². The van der Waals surface area contributed by atoms with Crippen LogP contribution in [-0.4, -0.2) is 15.9 Å². The maximum Gasteiger partial charge on any atom is 0.221 e. The van der Waals surface area contributed by atoms with Crippen molar-refractivity contribution in [1.82, 2.24) is 9.97 Å². The Morgan fingerprint density at radius 1 is 1.00 bits per heavy atom. The van der Waals surface area contributed by atoms with Gasteiger partial charge in [0, 0.05) is 28.7 Å². The summed E-state index contributed by atoms with van der Waals surface area (Å²) in [5.41, 5.74) is 3.88. The van der Waals surface area contributed by atoms with E-state index < -0.39 is 0 Å². The Morgan fingerprint density at radius 2 is 1.78 bits per heavy atom. The van der Waals surface area contributed by atoms with Crippen LogP contribution >= 0.6 is 11.3 Å². The van der Waals surface area contributed by atoms with Crippen LogP contribution in [0.1, 0.15) is 11.8 Å². The van der Waals surface area contributed by atoms with Crippen LogP contribution in [0.3, 0.4) is 0 Å². The van der Waals surface area contributed by atoms with Crippen LogP contribution in [0, 0.1) is 6.92 Å². The number of fused-ring (bicyclic) bond motifs is 1. The van der Waals surface area contributed by atoms with Crippen LogP contribution in [0.2, 0.25) is 0 Å². The fourth-order valence-electron chi connectivity index (χ4n) is 3.11. The number of nitrogens with one attached hydrogen (secondary N) is 2. The lowest BCUT2D eigenvalue weighted by Gasteiger charge is -2.10. The number of amides is 1. The number of hydrogen-bond acceptors (Lipinski definition) is 5. The summed E-state index contributed by atoms with van der Waals surface area (Å²) in [7, 11) is 0. The van der Waals surface area contributed by atoms with Gasteiger partial charge in [0.1, 0.15) is 17.0 Å². The molecule has 0 atom stereocenters. The van der Waals surface area contributed by atoms with E-state index in [9.17, 15) is 4.79 Å². The van der Waals surface area contributed by atoms with Crippen molar-refractivity contribution in [3.05, 3.63) is 65.8 Å². The molecule has 0 aliphatic heterocycles. The van der Waals surface area contributed by atoms with Gasteiger partial charge in [-0.3, -0.25) is 4.79 Å². The van der Waals surface area contributed by atoms with Gasteiger partial charge in [0.2, 0.25) is 5.91 Å². The molecule has 4 rings (SSSR count). The Hall–Kier alpha value is -3.25. The number of anilines is 3. The molecule has 5 nitrogen and oxygen atoms in total. The number of carbonyl (C=O) groups excluding carboxylic acids is 1. The summed E-state index contributed by atoms with van der Waals surface area (Å²) in [6, 6.07) is 17.9. The van der Waals surface area contributed by atoms with Crippen molar-refractivity contribution < 1.29 is 4.79 Å². The van der Waals surface area contributed by atoms with Gasteiger partial charge >= 0.3 is 0 Å². The van der Waals surface area contributed by atoms with Crippen LogP contribution in [0.5, 0.6) is 0 Å². The molecule has 0 bridgehead atoms. The number of rotatable bonds is 4. The molecule has 0 saturated carbocycles. The minimum Gasteiger partial charge on any atom is -0.340 e. The van der Waals surface area contributed by atoms with Crippen molar-refractivity contribution in [3.8, 4) is 11.1 Å². The molecule has 4 aromatic rings. The van der Waals surface area contributed by atoms with E-state index in [0.717, 1.165) is 38.5 Å². The normalized spacial score (nSPS) is 10.7. The summed E-state index contributed by atoms with van der Waals surface area (Å²) in [5.74, 6) is 0.652. The van der Waals surface area contributed by atoms with E-state index in [4.69, 9.17) is 0 Å². The summed E-state index contributed by atoms with van der Waals surface area (Å²) < 4.78 is 0. The largest absolute Gasteiger partial charge is 0.340 e. The molecule has 6 heteroatoms. The summed E-state index contributed by atoms with van der Waals surface area (Å²) in [6.07, 6.45) is 1.58. The Bertz CT molecular complexity index is 1120. The molecule has 0 unspecified atom stereocenters. The smallest absolute Gasteiger partial charge is 0.221 e. The van der Waals surface area contributed by atoms with Crippen molar-refractivity contribution in [2.45, 2.75) is 13.8 Å². The van der Waals surface area contributed by atoms with E-state index in [1.54, 1.807) is 17.7 Å². The zero-order chi connectivity index (χ0) is 18.8. The first-order valence-corrected chi connectivity index (χ1v) is 9.37. The number of hydrogen-bond donors (Lipinski definition) is 2. The molecule has 0 radical (unpaired) electrons. The van der Waals surface area contributed by atoms with Gasteiger partial charge in [-0.25, -0.2) is 9.97 Å². The third-order valence-corrected chi connectivity index (χ3v) is 5.19. The predicted octanol–water partition coefficient (Wildman–Crippen LogP) is 5.37. The fourth-order valence-corrected chi connectivity index (χ4v) is 4.12. The van der Waals surface area contributed by atoms with Crippen molar-refractivity contribution in [3.63, 3.8) is 0 Å². The Morgan fingerprint density at radius 3 is 2.56 bits per heavy atom. The Kier molecular flexibility index (Phi) is 4.56. The summed E-state index contributed by atoms with van der Waals surface area (Å²) in [6.45, 7) is 3.60. The summed E-state index contributed by atoms with van der Waals surface area (Å²) in [5, 5.41) is 7.20. The van der Waals surface area contributed by atoms with Crippen molar-refractivity contribution >= 4 is 44.7 Å². The lowest BCUT2D eigenvalue weighted by molar-refractivity contribution is -0.114. The maximum atomic E-state index is 11.3. The highest BCUT2D eigenvalue weighted by Gasteiger charge is 2.16. The zero-order valence-corrected chi connectivity index (χ0v) is 15.8. The van der Waals surface area contributed by atoms with Crippen molar-refractivity contribution in [2.75, 3.05) is 10.6 Å². The van der Waals surface area contributed by atoms with Crippen LogP contribution in [0.4, 0.5) is 17.2 Å². The second kappa shape index (κ2) is 7.17. The zero-order valence-electron chi connectivity index (χ0n) is 15.0. The van der Waals surface area contributed by atoms with Gasteiger partial charge in [0.25, 0.3) is 0 Å². The summed E-state index contributed by atoms with van der Waals surface area (Å²) >= 11 is 1.66. The molecule has 2 aromatic carbocycles. The first-order valence-electron chi connectivity index (χ1n) is 8.56. The lowest BCUT2D eigenvalue weighted by Crippen LogP contribution is -2.05. The summed E-state index contributed by atoms with van der Waals surface area (Å²) in [4.78, 5) is 22.4. The van der Waals surface area contributed by atoms with E-state index in [1.165, 1.54) is 11.8 Å². The fraction of sp³-hybridized carbons (Fsp3) is 0.0952. The van der Waals surface area contributed by atoms with Crippen LogP contribution in [0.25, 0.3) is 21.3 Å². The molecular weight excluding hydrogens is 356 g/mol. The third kappa shape index (κ3) is 3.52.